The summed E-state index contributed by atoms with van der Waals surface area (Å²) >= 11 is 6.34. The Morgan fingerprint density at radius 3 is 2.76 bits per heavy atom. The molecule has 0 bridgehead atoms. The van der Waals surface area contributed by atoms with Crippen LogP contribution in [0.15, 0.2) is 30.7 Å². The first kappa shape index (κ1) is 21.7. The Balaban J connectivity index is 1.60. The zero-order valence-electron chi connectivity index (χ0n) is 18.8. The molecule has 1 N–H and O–H groups in total. The van der Waals surface area contributed by atoms with Gasteiger partial charge in [0.05, 0.1) is 46.8 Å². The highest BCUT2D eigenvalue weighted by atomic mass is 35.5. The van der Waals surface area contributed by atoms with Gasteiger partial charge in [0.1, 0.15) is 17.7 Å². The zero-order chi connectivity index (χ0) is 23.1. The molecule has 1 aliphatic rings. The number of imidazole rings is 1. The number of fused-ring (bicyclic) bond motifs is 3. The number of ether oxygens (including phenoxy) is 1. The highest BCUT2D eigenvalue weighted by Crippen LogP contribution is 2.34. The summed E-state index contributed by atoms with van der Waals surface area (Å²) in [5, 5.41) is 4.55. The highest BCUT2D eigenvalue weighted by Gasteiger charge is 2.27. The molecular weight excluding hydrogens is 440 g/mol. The molecule has 1 aromatic carbocycles. The van der Waals surface area contributed by atoms with Crippen LogP contribution in [0.5, 0.6) is 0 Å². The summed E-state index contributed by atoms with van der Waals surface area (Å²) in [7, 11) is 0. The number of nitrogens with zero attached hydrogens (tertiary/aromatic N) is 5. The average Bonchev–Trinajstić information content (AvgIpc) is 3.14. The molecule has 170 valence electrons. The molecule has 1 amide bonds. The Kier molecular flexibility index (Phi) is 5.72. The molecule has 5 rings (SSSR count). The summed E-state index contributed by atoms with van der Waals surface area (Å²) in [5.41, 5.74) is 4.65. The lowest BCUT2D eigenvalue weighted by Crippen LogP contribution is -2.28. The Hall–Kier alpha value is -3.10. The molecule has 0 saturated carbocycles. The van der Waals surface area contributed by atoms with Crippen molar-refractivity contribution in [1.82, 2.24) is 24.5 Å². The normalized spacial score (nSPS) is 18.7. The molecule has 0 aliphatic carbocycles. The number of hydrogen-bond acceptors (Lipinski definition) is 6. The number of pyridine rings is 1. The van der Waals surface area contributed by atoms with Crippen molar-refractivity contribution < 1.29 is 9.53 Å². The van der Waals surface area contributed by atoms with Crippen molar-refractivity contribution in [3.05, 3.63) is 53.0 Å². The van der Waals surface area contributed by atoms with Crippen LogP contribution >= 0.6 is 11.6 Å². The second-order valence-electron chi connectivity index (χ2n) is 8.56. The molecule has 3 aromatic heterocycles. The van der Waals surface area contributed by atoms with Gasteiger partial charge < -0.3 is 14.6 Å². The minimum Gasteiger partial charge on any atom is -0.378 e. The van der Waals surface area contributed by atoms with Gasteiger partial charge in [0.15, 0.2) is 0 Å². The molecule has 0 unspecified atom stereocenters. The Labute approximate surface area is 196 Å². The molecule has 0 radical (unpaired) electrons. The monoisotopic (exact) mass is 464 g/mol. The fourth-order valence-corrected chi connectivity index (χ4v) is 4.80. The van der Waals surface area contributed by atoms with Gasteiger partial charge in [0.2, 0.25) is 5.91 Å². The van der Waals surface area contributed by atoms with Gasteiger partial charge in [-0.1, -0.05) is 11.6 Å². The van der Waals surface area contributed by atoms with E-state index < -0.39 is 0 Å². The van der Waals surface area contributed by atoms with E-state index in [2.05, 4.69) is 31.8 Å². The maximum Gasteiger partial charge on any atom is 0.232 e. The van der Waals surface area contributed by atoms with Crippen molar-refractivity contribution >= 4 is 45.1 Å². The van der Waals surface area contributed by atoms with E-state index >= 15 is 0 Å². The summed E-state index contributed by atoms with van der Waals surface area (Å²) in [4.78, 5) is 30.9. The van der Waals surface area contributed by atoms with Crippen molar-refractivity contribution in [3.8, 4) is 0 Å². The molecule has 2 atom stereocenters. The minimum absolute atomic E-state index is 0.121. The highest BCUT2D eigenvalue weighted by molar-refractivity contribution is 6.31. The second kappa shape index (κ2) is 8.68. The molecule has 33 heavy (non-hydrogen) atoms. The summed E-state index contributed by atoms with van der Waals surface area (Å²) in [6, 6.07) is 5.83. The van der Waals surface area contributed by atoms with E-state index in [1.165, 1.54) is 6.33 Å². The number of rotatable bonds is 4. The van der Waals surface area contributed by atoms with Crippen LogP contribution in [0.3, 0.4) is 0 Å². The van der Waals surface area contributed by atoms with Crippen molar-refractivity contribution in [3.63, 3.8) is 0 Å². The van der Waals surface area contributed by atoms with E-state index in [1.54, 1.807) is 6.20 Å². The quantitative estimate of drug-likeness (QED) is 0.475. The number of carbonyl (C=O) groups is 1. The van der Waals surface area contributed by atoms with Gasteiger partial charge in [-0.2, -0.15) is 0 Å². The van der Waals surface area contributed by atoms with Crippen molar-refractivity contribution in [1.29, 1.82) is 0 Å². The largest absolute Gasteiger partial charge is 0.378 e. The lowest BCUT2D eigenvalue weighted by atomic mass is 10.0. The van der Waals surface area contributed by atoms with Crippen LogP contribution in [0.1, 0.15) is 43.0 Å². The van der Waals surface area contributed by atoms with Gasteiger partial charge in [-0.15, -0.1) is 0 Å². The maximum absolute atomic E-state index is 13.1. The number of hydrogen-bond donors (Lipinski definition) is 1. The van der Waals surface area contributed by atoms with E-state index in [0.29, 0.717) is 23.1 Å². The number of aromatic nitrogens is 5. The molecule has 9 heteroatoms. The lowest BCUT2D eigenvalue weighted by Gasteiger charge is -2.30. The second-order valence-corrected chi connectivity index (χ2v) is 8.99. The van der Waals surface area contributed by atoms with Gasteiger partial charge in [-0.25, -0.2) is 15.0 Å². The van der Waals surface area contributed by atoms with E-state index in [-0.39, 0.29) is 24.5 Å². The standard InChI is InChI=1S/C24H25ClN6O2/c1-13-8-17(6-7-33-13)31-21(10-22(32)30-23-14(2)27-12-28-15(23)3)29-20-11-26-19-5-4-16(25)9-18(19)24(20)31/h4-5,9,11-13,17H,6-8,10H2,1-3H3,(H,30,32)/t13-,17-/m1/s1. The third-order valence-corrected chi connectivity index (χ3v) is 6.42. The number of anilines is 1. The number of nitrogens with one attached hydrogen (secondary N) is 1. The minimum atomic E-state index is -0.164. The Bertz CT molecular complexity index is 1350. The summed E-state index contributed by atoms with van der Waals surface area (Å²) in [5.74, 6) is 0.533. The Morgan fingerprint density at radius 2 is 2.00 bits per heavy atom. The molecule has 1 fully saturated rings. The third kappa shape index (κ3) is 4.16. The summed E-state index contributed by atoms with van der Waals surface area (Å²) in [6.07, 6.45) is 5.21. The number of amides is 1. The molecule has 4 aromatic rings. The molecule has 8 nitrogen and oxygen atoms in total. The van der Waals surface area contributed by atoms with Gasteiger partial charge >= 0.3 is 0 Å². The van der Waals surface area contributed by atoms with E-state index in [1.807, 2.05) is 32.0 Å². The Morgan fingerprint density at radius 1 is 1.21 bits per heavy atom. The summed E-state index contributed by atoms with van der Waals surface area (Å²) < 4.78 is 7.99. The van der Waals surface area contributed by atoms with Gasteiger partial charge in [0, 0.05) is 23.1 Å². The van der Waals surface area contributed by atoms with Crippen LogP contribution in [0.4, 0.5) is 5.69 Å². The first-order valence-electron chi connectivity index (χ1n) is 11.1. The lowest BCUT2D eigenvalue weighted by molar-refractivity contribution is -0.115. The van der Waals surface area contributed by atoms with Gasteiger partial charge in [-0.05, 0) is 51.8 Å². The fraction of sp³-hybridized carbons (Fsp3) is 0.375. The van der Waals surface area contributed by atoms with Crippen LogP contribution in [0.25, 0.3) is 21.9 Å². The van der Waals surface area contributed by atoms with Crippen molar-refractivity contribution in [2.45, 2.75) is 52.2 Å². The van der Waals surface area contributed by atoms with Gasteiger partial charge in [-0.3, -0.25) is 9.78 Å². The third-order valence-electron chi connectivity index (χ3n) is 6.18. The molecule has 4 heterocycles. The molecule has 1 saturated heterocycles. The van der Waals surface area contributed by atoms with Crippen LogP contribution in [-0.2, 0) is 16.0 Å². The number of carbonyl (C=O) groups excluding carboxylic acids is 1. The van der Waals surface area contributed by atoms with Crippen molar-refractivity contribution in [2.75, 3.05) is 11.9 Å². The average molecular weight is 465 g/mol. The predicted molar refractivity (Wildman–Crippen MR) is 128 cm³/mol. The van der Waals surface area contributed by atoms with E-state index in [0.717, 1.165) is 46.2 Å². The first-order valence-corrected chi connectivity index (χ1v) is 11.4. The van der Waals surface area contributed by atoms with E-state index in [9.17, 15) is 4.79 Å². The van der Waals surface area contributed by atoms with Crippen LogP contribution in [-0.4, -0.2) is 43.1 Å². The topological polar surface area (TPSA) is 94.8 Å². The first-order chi connectivity index (χ1) is 15.9. The van der Waals surface area contributed by atoms with Crippen LogP contribution < -0.4 is 5.32 Å². The van der Waals surface area contributed by atoms with Crippen LogP contribution in [0.2, 0.25) is 5.02 Å². The summed E-state index contributed by atoms with van der Waals surface area (Å²) in [6.45, 7) is 6.45. The fourth-order valence-electron chi connectivity index (χ4n) is 4.63. The molecular formula is C24H25ClN6O2. The number of benzene rings is 1. The molecule has 0 spiro atoms. The number of halogens is 1. The van der Waals surface area contributed by atoms with Crippen LogP contribution in [0, 0.1) is 13.8 Å². The number of aryl methyl sites for hydroxylation is 2. The smallest absolute Gasteiger partial charge is 0.232 e. The zero-order valence-corrected chi connectivity index (χ0v) is 19.6. The van der Waals surface area contributed by atoms with E-state index in [4.69, 9.17) is 21.3 Å². The SMILES string of the molecule is Cc1ncnc(C)c1NC(=O)Cc1nc2cnc3ccc(Cl)cc3c2n1[C@@H]1CCO[C@H](C)C1. The molecule has 1 aliphatic heterocycles. The predicted octanol–water partition coefficient (Wildman–Crippen LogP) is 4.57. The van der Waals surface area contributed by atoms with Crippen molar-refractivity contribution in [2.24, 2.45) is 0 Å². The maximum atomic E-state index is 13.1. The van der Waals surface area contributed by atoms with Gasteiger partial charge in [0.25, 0.3) is 0 Å².